The highest BCUT2D eigenvalue weighted by Crippen LogP contribution is 2.23. The Hall–Kier alpha value is -2.21. The quantitative estimate of drug-likeness (QED) is 0.810. The van der Waals surface area contributed by atoms with Gasteiger partial charge in [-0.1, -0.05) is 6.08 Å². The van der Waals surface area contributed by atoms with Gasteiger partial charge in [0, 0.05) is 44.2 Å². The molecule has 0 spiro atoms. The van der Waals surface area contributed by atoms with Crippen molar-refractivity contribution in [2.75, 3.05) is 24.6 Å². The number of allylic oxidation sites excluding steroid dienone is 1. The van der Waals surface area contributed by atoms with Crippen LogP contribution >= 0.6 is 0 Å². The van der Waals surface area contributed by atoms with Crippen LogP contribution in [0, 0.1) is 0 Å². The molecule has 0 N–H and O–H groups in total. The summed E-state index contributed by atoms with van der Waals surface area (Å²) in [5, 5.41) is 8.80. The molecule has 0 radical (unpaired) electrons. The van der Waals surface area contributed by atoms with Gasteiger partial charge in [-0.25, -0.2) is 0 Å². The molecule has 22 heavy (non-hydrogen) atoms. The summed E-state index contributed by atoms with van der Waals surface area (Å²) in [7, 11) is 0. The summed E-state index contributed by atoms with van der Waals surface area (Å²) in [5.41, 5.74) is 0.960. The number of aromatic nitrogens is 4. The average molecular weight is 299 g/mol. The predicted molar refractivity (Wildman–Crippen MR) is 85.7 cm³/mol. The SMILES string of the molecule is C=CCn1c(-c2cccnc2)nnc1N1CCCO[C@H](C)C1. The summed E-state index contributed by atoms with van der Waals surface area (Å²) in [6.07, 6.45) is 6.62. The van der Waals surface area contributed by atoms with Crippen molar-refractivity contribution in [3.05, 3.63) is 37.2 Å². The minimum Gasteiger partial charge on any atom is -0.377 e. The molecule has 6 nitrogen and oxygen atoms in total. The monoisotopic (exact) mass is 299 g/mol. The number of hydrogen-bond acceptors (Lipinski definition) is 5. The number of anilines is 1. The third kappa shape index (κ3) is 3.01. The van der Waals surface area contributed by atoms with E-state index in [-0.39, 0.29) is 6.10 Å². The maximum absolute atomic E-state index is 5.72. The van der Waals surface area contributed by atoms with E-state index in [1.54, 1.807) is 6.20 Å². The van der Waals surface area contributed by atoms with E-state index in [0.717, 1.165) is 43.5 Å². The molecular weight excluding hydrogens is 278 g/mol. The second-order valence-corrected chi connectivity index (χ2v) is 5.45. The maximum Gasteiger partial charge on any atom is 0.227 e. The van der Waals surface area contributed by atoms with Gasteiger partial charge in [0.2, 0.25) is 5.95 Å². The van der Waals surface area contributed by atoms with Crippen LogP contribution in [0.5, 0.6) is 0 Å². The first kappa shape index (κ1) is 14.7. The van der Waals surface area contributed by atoms with E-state index < -0.39 is 0 Å². The van der Waals surface area contributed by atoms with E-state index in [2.05, 4.69) is 38.2 Å². The molecule has 3 rings (SSSR count). The van der Waals surface area contributed by atoms with Crippen molar-refractivity contribution >= 4 is 5.95 Å². The number of rotatable bonds is 4. The van der Waals surface area contributed by atoms with E-state index >= 15 is 0 Å². The van der Waals surface area contributed by atoms with Gasteiger partial charge in [0.25, 0.3) is 0 Å². The minimum absolute atomic E-state index is 0.193. The summed E-state index contributed by atoms with van der Waals surface area (Å²) in [4.78, 5) is 6.41. The molecule has 1 atom stereocenters. The fraction of sp³-hybridized carbons (Fsp3) is 0.438. The smallest absolute Gasteiger partial charge is 0.227 e. The highest BCUT2D eigenvalue weighted by Gasteiger charge is 2.22. The summed E-state index contributed by atoms with van der Waals surface area (Å²) in [5.74, 6) is 1.69. The molecular formula is C16H21N5O. The van der Waals surface area contributed by atoms with Gasteiger partial charge in [0.1, 0.15) is 0 Å². The van der Waals surface area contributed by atoms with E-state index in [9.17, 15) is 0 Å². The van der Waals surface area contributed by atoms with Crippen LogP contribution in [0.4, 0.5) is 5.95 Å². The zero-order valence-corrected chi connectivity index (χ0v) is 12.9. The van der Waals surface area contributed by atoms with Crippen molar-refractivity contribution in [1.82, 2.24) is 19.7 Å². The Morgan fingerprint density at radius 1 is 1.45 bits per heavy atom. The third-order valence-corrected chi connectivity index (χ3v) is 3.70. The largest absolute Gasteiger partial charge is 0.377 e. The highest BCUT2D eigenvalue weighted by atomic mass is 16.5. The Labute approximate surface area is 130 Å². The van der Waals surface area contributed by atoms with Crippen LogP contribution in [0.3, 0.4) is 0 Å². The third-order valence-electron chi connectivity index (χ3n) is 3.70. The predicted octanol–water partition coefficient (Wildman–Crippen LogP) is 2.14. The van der Waals surface area contributed by atoms with E-state index in [1.807, 2.05) is 24.4 Å². The zero-order valence-electron chi connectivity index (χ0n) is 12.9. The van der Waals surface area contributed by atoms with Crippen molar-refractivity contribution in [1.29, 1.82) is 0 Å². The molecule has 1 fully saturated rings. The molecule has 0 aliphatic carbocycles. The second-order valence-electron chi connectivity index (χ2n) is 5.45. The van der Waals surface area contributed by atoms with Crippen LogP contribution < -0.4 is 4.90 Å². The van der Waals surface area contributed by atoms with Gasteiger partial charge in [0.15, 0.2) is 5.82 Å². The van der Waals surface area contributed by atoms with Gasteiger partial charge in [-0.05, 0) is 25.5 Å². The lowest BCUT2D eigenvalue weighted by Gasteiger charge is -2.23. The van der Waals surface area contributed by atoms with Gasteiger partial charge >= 0.3 is 0 Å². The summed E-state index contributed by atoms with van der Waals surface area (Å²) in [6.45, 7) is 9.15. The molecule has 0 amide bonds. The van der Waals surface area contributed by atoms with E-state index in [1.165, 1.54) is 0 Å². The number of pyridine rings is 1. The van der Waals surface area contributed by atoms with Gasteiger partial charge in [-0.3, -0.25) is 9.55 Å². The fourth-order valence-corrected chi connectivity index (χ4v) is 2.71. The Morgan fingerprint density at radius 2 is 2.36 bits per heavy atom. The number of ether oxygens (including phenoxy) is 1. The molecule has 0 saturated carbocycles. The van der Waals surface area contributed by atoms with Crippen molar-refractivity contribution in [2.24, 2.45) is 0 Å². The van der Waals surface area contributed by atoms with Crippen LogP contribution in [0.1, 0.15) is 13.3 Å². The minimum atomic E-state index is 0.193. The lowest BCUT2D eigenvalue weighted by molar-refractivity contribution is 0.0819. The highest BCUT2D eigenvalue weighted by molar-refractivity contribution is 5.56. The van der Waals surface area contributed by atoms with Crippen molar-refractivity contribution in [2.45, 2.75) is 26.0 Å². The van der Waals surface area contributed by atoms with Gasteiger partial charge in [0.05, 0.1) is 6.10 Å². The summed E-state index contributed by atoms with van der Waals surface area (Å²) < 4.78 is 7.80. The standard InChI is InChI=1S/C16H21N5O/c1-3-8-21-15(14-6-4-7-17-11-14)18-19-16(21)20-9-5-10-22-13(2)12-20/h3-4,6-7,11,13H,1,5,8-10,12H2,2H3/t13-/m1/s1. The lowest BCUT2D eigenvalue weighted by atomic mass is 10.2. The molecule has 0 aromatic carbocycles. The molecule has 0 unspecified atom stereocenters. The van der Waals surface area contributed by atoms with E-state index in [0.29, 0.717) is 6.54 Å². The van der Waals surface area contributed by atoms with Crippen LogP contribution in [0.15, 0.2) is 37.2 Å². The van der Waals surface area contributed by atoms with Crippen molar-refractivity contribution in [3.8, 4) is 11.4 Å². The Bertz CT molecular complexity index is 625. The first-order valence-electron chi connectivity index (χ1n) is 7.60. The first-order chi connectivity index (χ1) is 10.8. The molecule has 0 bridgehead atoms. The molecule has 1 aliphatic rings. The van der Waals surface area contributed by atoms with Gasteiger partial charge in [-0.15, -0.1) is 16.8 Å². The molecule has 116 valence electrons. The molecule has 3 heterocycles. The molecule has 6 heteroatoms. The topological polar surface area (TPSA) is 56.1 Å². The second kappa shape index (κ2) is 6.70. The Balaban J connectivity index is 1.97. The van der Waals surface area contributed by atoms with Crippen molar-refractivity contribution in [3.63, 3.8) is 0 Å². The van der Waals surface area contributed by atoms with Crippen LogP contribution in [0.2, 0.25) is 0 Å². The Kier molecular flexibility index (Phi) is 4.48. The zero-order chi connectivity index (χ0) is 15.4. The average Bonchev–Trinajstić information content (AvgIpc) is 2.83. The normalized spacial score (nSPS) is 19.0. The lowest BCUT2D eigenvalue weighted by Crippen LogP contribution is -2.32. The maximum atomic E-state index is 5.72. The molecule has 2 aromatic rings. The van der Waals surface area contributed by atoms with Gasteiger partial charge < -0.3 is 9.64 Å². The van der Waals surface area contributed by atoms with Crippen LogP contribution in [0.25, 0.3) is 11.4 Å². The molecule has 1 saturated heterocycles. The van der Waals surface area contributed by atoms with Gasteiger partial charge in [-0.2, -0.15) is 0 Å². The van der Waals surface area contributed by atoms with E-state index in [4.69, 9.17) is 4.74 Å². The number of hydrogen-bond donors (Lipinski definition) is 0. The molecule has 2 aromatic heterocycles. The summed E-state index contributed by atoms with van der Waals surface area (Å²) >= 11 is 0. The first-order valence-corrected chi connectivity index (χ1v) is 7.60. The van der Waals surface area contributed by atoms with Crippen molar-refractivity contribution < 1.29 is 4.74 Å². The summed E-state index contributed by atoms with van der Waals surface area (Å²) in [6, 6.07) is 3.90. The van der Waals surface area contributed by atoms with Crippen LogP contribution in [-0.4, -0.2) is 45.5 Å². The Morgan fingerprint density at radius 3 is 3.14 bits per heavy atom. The number of nitrogens with zero attached hydrogens (tertiary/aromatic N) is 5. The van der Waals surface area contributed by atoms with Crippen LogP contribution in [-0.2, 0) is 11.3 Å². The molecule has 1 aliphatic heterocycles. The fourth-order valence-electron chi connectivity index (χ4n) is 2.71.